The van der Waals surface area contributed by atoms with Crippen molar-refractivity contribution >= 4 is 42.3 Å². The molecule has 0 atom stereocenters. The molecule has 0 radical (unpaired) electrons. The molecule has 1 rings (SSSR count). The molecule has 0 N–H and O–H groups in total. The Bertz CT molecular complexity index is 445. The molecule has 96 valence electrons. The maximum absolute atomic E-state index is 11.7. The van der Waals surface area contributed by atoms with Crippen LogP contribution in [0.1, 0.15) is 0 Å². The molecule has 1 aromatic rings. The third-order valence-electron chi connectivity index (χ3n) is 2.15. The lowest BCUT2D eigenvalue weighted by atomic mass is 10.6. The SMILES string of the molecule is C[Si](C)(C)CCOCn1ncc(I)c(Cl)c1=O. The van der Waals surface area contributed by atoms with Crippen LogP contribution in [-0.4, -0.2) is 24.5 Å². The van der Waals surface area contributed by atoms with Crippen molar-refractivity contribution in [2.45, 2.75) is 32.4 Å². The van der Waals surface area contributed by atoms with Gasteiger partial charge in [-0.3, -0.25) is 4.79 Å². The van der Waals surface area contributed by atoms with Crippen LogP contribution in [0.15, 0.2) is 11.0 Å². The summed E-state index contributed by atoms with van der Waals surface area (Å²) in [5, 5.41) is 4.17. The van der Waals surface area contributed by atoms with Gasteiger partial charge in [0.05, 0.1) is 9.77 Å². The second-order valence-electron chi connectivity index (χ2n) is 4.96. The van der Waals surface area contributed by atoms with Gasteiger partial charge in [-0.15, -0.1) is 0 Å². The van der Waals surface area contributed by atoms with Crippen LogP contribution >= 0.6 is 34.2 Å². The minimum absolute atomic E-state index is 0.167. The first-order valence-corrected chi connectivity index (χ1v) is 10.5. The Morgan fingerprint density at radius 1 is 1.53 bits per heavy atom. The van der Waals surface area contributed by atoms with Gasteiger partial charge in [-0.05, 0) is 28.6 Å². The summed E-state index contributed by atoms with van der Waals surface area (Å²) in [6.07, 6.45) is 1.56. The molecule has 0 unspecified atom stereocenters. The highest BCUT2D eigenvalue weighted by atomic mass is 127. The Kier molecular flexibility index (Phi) is 5.61. The fourth-order valence-corrected chi connectivity index (χ4v) is 2.32. The Morgan fingerprint density at radius 3 is 2.76 bits per heavy atom. The second-order valence-corrected chi connectivity index (χ2v) is 12.1. The summed E-state index contributed by atoms with van der Waals surface area (Å²) in [7, 11) is -1.09. The molecule has 0 fully saturated rings. The summed E-state index contributed by atoms with van der Waals surface area (Å²) in [5.41, 5.74) is -0.299. The van der Waals surface area contributed by atoms with Crippen molar-refractivity contribution in [2.75, 3.05) is 6.61 Å². The Labute approximate surface area is 120 Å². The van der Waals surface area contributed by atoms with Gasteiger partial charge in [0.2, 0.25) is 0 Å². The predicted molar refractivity (Wildman–Crippen MR) is 80.3 cm³/mol. The van der Waals surface area contributed by atoms with Crippen molar-refractivity contribution < 1.29 is 4.74 Å². The van der Waals surface area contributed by atoms with E-state index in [0.29, 0.717) is 10.2 Å². The van der Waals surface area contributed by atoms with E-state index < -0.39 is 8.07 Å². The van der Waals surface area contributed by atoms with E-state index in [2.05, 4.69) is 24.7 Å². The third kappa shape index (κ3) is 5.07. The molecule has 0 aliphatic rings. The zero-order valence-corrected chi connectivity index (χ0v) is 14.1. The summed E-state index contributed by atoms with van der Waals surface area (Å²) in [6, 6.07) is 1.07. The lowest BCUT2D eigenvalue weighted by Crippen LogP contribution is -2.27. The zero-order chi connectivity index (χ0) is 13.1. The van der Waals surface area contributed by atoms with Crippen LogP contribution < -0.4 is 5.56 Å². The van der Waals surface area contributed by atoms with Crippen molar-refractivity contribution in [2.24, 2.45) is 0 Å². The average Bonchev–Trinajstić information content (AvgIpc) is 2.22. The number of aromatic nitrogens is 2. The van der Waals surface area contributed by atoms with Crippen LogP contribution in [-0.2, 0) is 11.5 Å². The Morgan fingerprint density at radius 2 is 2.18 bits per heavy atom. The standard InChI is InChI=1S/C10H16ClIN2O2Si/c1-17(2,3)5-4-16-7-14-10(15)9(11)8(12)6-13-14/h6H,4-5,7H2,1-3H3. The molecule has 1 aromatic heterocycles. The van der Waals surface area contributed by atoms with E-state index >= 15 is 0 Å². The largest absolute Gasteiger partial charge is 0.359 e. The van der Waals surface area contributed by atoms with E-state index in [0.717, 1.165) is 6.04 Å². The van der Waals surface area contributed by atoms with Gasteiger partial charge in [-0.1, -0.05) is 31.2 Å². The third-order valence-corrected chi connectivity index (χ3v) is 5.36. The molecule has 0 aliphatic carbocycles. The van der Waals surface area contributed by atoms with Crippen molar-refractivity contribution in [3.63, 3.8) is 0 Å². The summed E-state index contributed by atoms with van der Waals surface area (Å²) in [4.78, 5) is 11.7. The highest BCUT2D eigenvalue weighted by Gasteiger charge is 2.12. The molecule has 17 heavy (non-hydrogen) atoms. The van der Waals surface area contributed by atoms with Crippen molar-refractivity contribution in [1.82, 2.24) is 9.78 Å². The number of nitrogens with zero attached hydrogens (tertiary/aromatic N) is 2. The van der Waals surface area contributed by atoms with E-state index in [1.807, 2.05) is 22.6 Å². The van der Waals surface area contributed by atoms with Crippen molar-refractivity contribution in [3.8, 4) is 0 Å². The first-order chi connectivity index (χ1) is 7.81. The highest BCUT2D eigenvalue weighted by Crippen LogP contribution is 2.11. The molecular weight excluding hydrogens is 371 g/mol. The van der Waals surface area contributed by atoms with Crippen LogP contribution in [0.2, 0.25) is 30.7 Å². The van der Waals surface area contributed by atoms with Gasteiger partial charge < -0.3 is 4.74 Å². The van der Waals surface area contributed by atoms with E-state index in [4.69, 9.17) is 16.3 Å². The molecule has 0 aliphatic heterocycles. The number of halogens is 2. The molecule has 0 amide bonds. The monoisotopic (exact) mass is 386 g/mol. The molecule has 0 saturated heterocycles. The zero-order valence-electron chi connectivity index (χ0n) is 10.2. The summed E-state index contributed by atoms with van der Waals surface area (Å²) < 4.78 is 7.35. The minimum atomic E-state index is -1.09. The van der Waals surface area contributed by atoms with Gasteiger partial charge in [0.1, 0.15) is 11.8 Å². The first-order valence-electron chi connectivity index (χ1n) is 5.30. The average molecular weight is 387 g/mol. The molecule has 4 nitrogen and oxygen atoms in total. The second kappa shape index (κ2) is 6.30. The molecule has 1 heterocycles. The summed E-state index contributed by atoms with van der Waals surface area (Å²) in [6.45, 7) is 7.67. The van der Waals surface area contributed by atoms with Gasteiger partial charge in [0, 0.05) is 14.7 Å². The van der Waals surface area contributed by atoms with Crippen LogP contribution in [0, 0.1) is 3.57 Å². The van der Waals surface area contributed by atoms with Gasteiger partial charge in [0.25, 0.3) is 5.56 Å². The smallest absolute Gasteiger partial charge is 0.288 e. The number of rotatable bonds is 5. The molecule has 7 heteroatoms. The maximum atomic E-state index is 11.7. The lowest BCUT2D eigenvalue weighted by Gasteiger charge is -2.15. The highest BCUT2D eigenvalue weighted by molar-refractivity contribution is 14.1. The fraction of sp³-hybridized carbons (Fsp3) is 0.600. The quantitative estimate of drug-likeness (QED) is 0.444. The lowest BCUT2D eigenvalue weighted by molar-refractivity contribution is 0.0749. The van der Waals surface area contributed by atoms with Crippen LogP contribution in [0.25, 0.3) is 0 Å². The Balaban J connectivity index is 2.54. The summed E-state index contributed by atoms with van der Waals surface area (Å²) >= 11 is 7.82. The molecule has 0 saturated carbocycles. The van der Waals surface area contributed by atoms with Crippen LogP contribution in [0.5, 0.6) is 0 Å². The first kappa shape index (κ1) is 15.1. The van der Waals surface area contributed by atoms with E-state index in [9.17, 15) is 4.79 Å². The van der Waals surface area contributed by atoms with Crippen LogP contribution in [0.3, 0.4) is 0 Å². The van der Waals surface area contributed by atoms with E-state index in [-0.39, 0.29) is 17.3 Å². The van der Waals surface area contributed by atoms with E-state index in [1.54, 1.807) is 6.20 Å². The summed E-state index contributed by atoms with van der Waals surface area (Å²) in [5.74, 6) is 0. The van der Waals surface area contributed by atoms with Crippen molar-refractivity contribution in [1.29, 1.82) is 0 Å². The van der Waals surface area contributed by atoms with Gasteiger partial charge >= 0.3 is 0 Å². The van der Waals surface area contributed by atoms with Gasteiger partial charge in [0.15, 0.2) is 0 Å². The number of ether oxygens (including phenoxy) is 1. The molecule has 0 bridgehead atoms. The topological polar surface area (TPSA) is 44.1 Å². The van der Waals surface area contributed by atoms with E-state index in [1.165, 1.54) is 4.68 Å². The van der Waals surface area contributed by atoms with Crippen molar-refractivity contribution in [3.05, 3.63) is 25.1 Å². The fourth-order valence-electron chi connectivity index (χ4n) is 1.07. The van der Waals surface area contributed by atoms with Crippen LogP contribution in [0.4, 0.5) is 0 Å². The molecule has 0 aromatic carbocycles. The Hall–Kier alpha value is 0.0769. The normalized spacial score (nSPS) is 11.8. The van der Waals surface area contributed by atoms with Gasteiger partial charge in [-0.25, -0.2) is 4.68 Å². The maximum Gasteiger partial charge on any atom is 0.288 e. The predicted octanol–water partition coefficient (Wildman–Crippen LogP) is 2.81. The van der Waals surface area contributed by atoms with Gasteiger partial charge in [-0.2, -0.15) is 5.10 Å². The number of hydrogen-bond donors (Lipinski definition) is 0. The molecule has 0 spiro atoms. The minimum Gasteiger partial charge on any atom is -0.359 e. The number of hydrogen-bond acceptors (Lipinski definition) is 3. The molecular formula is C10H16ClIN2O2Si.